The highest BCUT2D eigenvalue weighted by Gasteiger charge is 2.35. The van der Waals surface area contributed by atoms with Crippen molar-refractivity contribution in [2.45, 2.75) is 43.2 Å². The fraction of sp³-hybridized carbons (Fsp3) is 0.478. The second kappa shape index (κ2) is 9.63. The topological polar surface area (TPSA) is 49.9 Å². The number of ether oxygens (including phenoxy) is 1. The van der Waals surface area contributed by atoms with Gasteiger partial charge < -0.3 is 4.74 Å². The van der Waals surface area contributed by atoms with Crippen LogP contribution in [0, 0.1) is 17.6 Å². The van der Waals surface area contributed by atoms with Gasteiger partial charge in [0.05, 0.1) is 11.1 Å². The molecule has 9 heteroatoms. The minimum absolute atomic E-state index is 0.0433. The van der Waals surface area contributed by atoms with Crippen molar-refractivity contribution in [3.63, 3.8) is 0 Å². The molecule has 4 rings (SSSR count). The highest BCUT2D eigenvalue weighted by Crippen LogP contribution is 2.37. The quantitative estimate of drug-likeness (QED) is 0.545. The van der Waals surface area contributed by atoms with Crippen LogP contribution in [0.4, 0.5) is 8.78 Å². The predicted molar refractivity (Wildman–Crippen MR) is 119 cm³/mol. The Balaban J connectivity index is 1.32. The molecule has 174 valence electrons. The summed E-state index contributed by atoms with van der Waals surface area (Å²) in [6, 6.07) is 8.30. The smallest absolute Gasteiger partial charge is 0.245 e. The first-order valence-corrected chi connectivity index (χ1v) is 12.6. The maximum absolute atomic E-state index is 14.0. The summed E-state index contributed by atoms with van der Waals surface area (Å²) in [6.45, 7) is 3.22. The van der Waals surface area contributed by atoms with E-state index >= 15 is 0 Å². The van der Waals surface area contributed by atoms with Gasteiger partial charge in [0.2, 0.25) is 10.0 Å². The van der Waals surface area contributed by atoms with Gasteiger partial charge in [-0.15, -0.1) is 0 Å². The zero-order valence-electron chi connectivity index (χ0n) is 17.9. The number of sulfonamides is 1. The van der Waals surface area contributed by atoms with Gasteiger partial charge in [-0.2, -0.15) is 0 Å². The first-order chi connectivity index (χ1) is 15.2. The molecular formula is C23H27ClF2N2O3S. The van der Waals surface area contributed by atoms with Crippen molar-refractivity contribution >= 4 is 21.6 Å². The molecule has 0 atom stereocenters. The van der Waals surface area contributed by atoms with E-state index in [4.69, 9.17) is 16.3 Å². The molecule has 0 aromatic heterocycles. The molecule has 0 N–H and O–H groups in total. The van der Waals surface area contributed by atoms with Crippen LogP contribution < -0.4 is 4.74 Å². The zero-order valence-corrected chi connectivity index (χ0v) is 19.5. The van der Waals surface area contributed by atoms with Gasteiger partial charge in [0.1, 0.15) is 22.3 Å². The monoisotopic (exact) mass is 484 g/mol. The van der Waals surface area contributed by atoms with Crippen LogP contribution in [0.2, 0.25) is 5.02 Å². The second-order valence-corrected chi connectivity index (χ2v) is 11.0. The zero-order chi connectivity index (χ0) is 22.9. The van der Waals surface area contributed by atoms with Crippen LogP contribution in [0.3, 0.4) is 0 Å². The summed E-state index contributed by atoms with van der Waals surface area (Å²) in [5.41, 5.74) is 1.05. The Morgan fingerprint density at radius 2 is 1.88 bits per heavy atom. The third kappa shape index (κ3) is 5.09. The van der Waals surface area contributed by atoms with Gasteiger partial charge in [0.15, 0.2) is 0 Å². The average Bonchev–Trinajstić information content (AvgIpc) is 3.21. The van der Waals surface area contributed by atoms with Crippen molar-refractivity contribution in [2.75, 3.05) is 26.7 Å². The van der Waals surface area contributed by atoms with E-state index in [9.17, 15) is 17.2 Å². The summed E-state index contributed by atoms with van der Waals surface area (Å²) in [5, 5.41) is 0.634. The molecule has 2 fully saturated rings. The Kier molecular flexibility index (Phi) is 7.05. The molecule has 1 heterocycles. The van der Waals surface area contributed by atoms with Gasteiger partial charge in [-0.1, -0.05) is 23.7 Å². The van der Waals surface area contributed by atoms with Crippen LogP contribution in [-0.2, 0) is 16.6 Å². The van der Waals surface area contributed by atoms with E-state index in [-0.39, 0.29) is 18.6 Å². The number of nitrogens with zero attached hydrogens (tertiary/aromatic N) is 2. The molecule has 0 unspecified atom stereocenters. The Morgan fingerprint density at radius 3 is 2.56 bits per heavy atom. The highest BCUT2D eigenvalue weighted by atomic mass is 35.5. The molecule has 0 bridgehead atoms. The van der Waals surface area contributed by atoms with E-state index in [2.05, 4.69) is 4.90 Å². The molecule has 1 saturated heterocycles. The van der Waals surface area contributed by atoms with E-state index in [1.165, 1.54) is 19.9 Å². The maximum atomic E-state index is 14.0. The van der Waals surface area contributed by atoms with Crippen molar-refractivity contribution in [1.29, 1.82) is 0 Å². The molecule has 32 heavy (non-hydrogen) atoms. The van der Waals surface area contributed by atoms with Crippen molar-refractivity contribution < 1.29 is 21.9 Å². The highest BCUT2D eigenvalue weighted by molar-refractivity contribution is 7.89. The normalized spacial score (nSPS) is 21.7. The Bertz CT molecular complexity index is 1070. The van der Waals surface area contributed by atoms with E-state index in [0.717, 1.165) is 41.6 Å². The molecule has 2 aromatic carbocycles. The molecule has 1 aliphatic carbocycles. The number of likely N-dealkylation sites (tertiary alicyclic amines) is 1. The minimum Gasteiger partial charge on any atom is -0.489 e. The predicted octanol–water partition coefficient (Wildman–Crippen LogP) is 4.69. The van der Waals surface area contributed by atoms with E-state index in [1.807, 2.05) is 18.2 Å². The Labute approximate surface area is 193 Å². The number of benzene rings is 2. The molecule has 0 radical (unpaired) electrons. The van der Waals surface area contributed by atoms with Crippen molar-refractivity contribution in [3.8, 4) is 5.75 Å². The molecule has 1 aliphatic heterocycles. The molecule has 1 saturated carbocycles. The lowest BCUT2D eigenvalue weighted by molar-refractivity contribution is 0.0575. The van der Waals surface area contributed by atoms with Crippen LogP contribution in [0.1, 0.15) is 31.2 Å². The summed E-state index contributed by atoms with van der Waals surface area (Å²) in [5.74, 6) is -1.16. The second-order valence-electron chi connectivity index (χ2n) is 8.65. The molecule has 0 spiro atoms. The van der Waals surface area contributed by atoms with Gasteiger partial charge in [-0.05, 0) is 68.5 Å². The van der Waals surface area contributed by atoms with Gasteiger partial charge in [-0.25, -0.2) is 21.5 Å². The number of rotatable bonds is 8. The minimum atomic E-state index is -4.03. The molecular weight excluding hydrogens is 458 g/mol. The summed E-state index contributed by atoms with van der Waals surface area (Å²) in [4.78, 5) is 1.86. The molecule has 0 amide bonds. The molecule has 5 nitrogen and oxygen atoms in total. The van der Waals surface area contributed by atoms with Gasteiger partial charge >= 0.3 is 0 Å². The van der Waals surface area contributed by atoms with E-state index in [0.29, 0.717) is 29.7 Å². The Morgan fingerprint density at radius 1 is 1.16 bits per heavy atom. The van der Waals surface area contributed by atoms with Crippen LogP contribution in [0.25, 0.3) is 0 Å². The number of halogens is 3. The first kappa shape index (κ1) is 23.4. The van der Waals surface area contributed by atoms with Crippen molar-refractivity contribution in [3.05, 3.63) is 58.6 Å². The summed E-state index contributed by atoms with van der Waals surface area (Å²) >= 11 is 6.59. The number of hydrogen-bond donors (Lipinski definition) is 0. The largest absolute Gasteiger partial charge is 0.489 e. The SMILES string of the molecule is CN(CC1CC(Oc2cccc(CN3CCCC3)c2Cl)C1)S(=O)(=O)c1ccc(F)cc1F. The fourth-order valence-electron chi connectivity index (χ4n) is 4.36. The lowest BCUT2D eigenvalue weighted by Crippen LogP contribution is -2.42. The van der Waals surface area contributed by atoms with Crippen LogP contribution in [-0.4, -0.2) is 50.4 Å². The summed E-state index contributed by atoms with van der Waals surface area (Å²) in [6.07, 6.45) is 3.75. The van der Waals surface area contributed by atoms with Gasteiger partial charge in [0, 0.05) is 26.2 Å². The lowest BCUT2D eigenvalue weighted by Gasteiger charge is -2.37. The van der Waals surface area contributed by atoms with Crippen LogP contribution >= 0.6 is 11.6 Å². The third-order valence-corrected chi connectivity index (χ3v) is 8.51. The average molecular weight is 485 g/mol. The maximum Gasteiger partial charge on any atom is 0.245 e. The van der Waals surface area contributed by atoms with Crippen LogP contribution in [0.15, 0.2) is 41.3 Å². The first-order valence-electron chi connectivity index (χ1n) is 10.8. The van der Waals surface area contributed by atoms with Crippen molar-refractivity contribution in [2.24, 2.45) is 5.92 Å². The molecule has 2 aromatic rings. The van der Waals surface area contributed by atoms with E-state index in [1.54, 1.807) is 0 Å². The third-order valence-electron chi connectivity index (χ3n) is 6.22. The van der Waals surface area contributed by atoms with E-state index < -0.39 is 26.6 Å². The summed E-state index contributed by atoms with van der Waals surface area (Å²) < 4.78 is 59.6. The van der Waals surface area contributed by atoms with Gasteiger partial charge in [-0.3, -0.25) is 4.90 Å². The number of hydrogen-bond acceptors (Lipinski definition) is 4. The lowest BCUT2D eigenvalue weighted by atomic mass is 9.82. The van der Waals surface area contributed by atoms with Crippen LogP contribution in [0.5, 0.6) is 5.75 Å². The van der Waals surface area contributed by atoms with Crippen molar-refractivity contribution in [1.82, 2.24) is 9.21 Å². The standard InChI is InChI=1S/C23H27ClF2N2O3S/c1-27(32(29,30)22-8-7-18(25)13-20(22)26)14-16-11-19(12-16)31-21-6-4-5-17(23(21)24)15-28-9-2-3-10-28/h4-8,13,16,19H,2-3,9-12,14-15H2,1H3. The molecule has 2 aliphatic rings. The van der Waals surface area contributed by atoms with Gasteiger partial charge in [0.25, 0.3) is 0 Å². The Hall–Kier alpha value is -1.74. The fourth-order valence-corrected chi connectivity index (χ4v) is 5.88. The summed E-state index contributed by atoms with van der Waals surface area (Å²) in [7, 11) is -2.63.